The van der Waals surface area contributed by atoms with E-state index in [0.717, 1.165) is 16.7 Å². The van der Waals surface area contributed by atoms with E-state index in [9.17, 15) is 14.0 Å². The van der Waals surface area contributed by atoms with Crippen LogP contribution in [-0.2, 0) is 16.0 Å². The van der Waals surface area contributed by atoms with Crippen LogP contribution in [0.2, 0.25) is 0 Å². The number of amides is 1. The van der Waals surface area contributed by atoms with Crippen LogP contribution in [-0.4, -0.2) is 40.1 Å². The highest BCUT2D eigenvalue weighted by Crippen LogP contribution is 2.25. The van der Waals surface area contributed by atoms with Gasteiger partial charge in [0.1, 0.15) is 11.6 Å². The number of benzene rings is 4. The number of hydrogen-bond donors (Lipinski definition) is 0. The van der Waals surface area contributed by atoms with Gasteiger partial charge < -0.3 is 9.64 Å². The summed E-state index contributed by atoms with van der Waals surface area (Å²) < 4.78 is 20.9. The maximum Gasteiger partial charge on any atom is 0.266 e. The molecule has 0 fully saturated rings. The van der Waals surface area contributed by atoms with E-state index in [4.69, 9.17) is 9.72 Å². The van der Waals surface area contributed by atoms with Gasteiger partial charge in [-0.1, -0.05) is 74.2 Å². The Bertz CT molecular complexity index is 1680. The number of carbonyl (C=O) groups excluding carboxylic acids is 1. The fourth-order valence-electron chi connectivity index (χ4n) is 4.97. The van der Waals surface area contributed by atoms with Crippen LogP contribution in [0.4, 0.5) is 4.39 Å². The quantitative estimate of drug-likeness (QED) is 0.171. The Labute approximate surface area is 246 Å². The van der Waals surface area contributed by atoms with E-state index in [1.54, 1.807) is 35.2 Å². The minimum absolute atomic E-state index is 0. The van der Waals surface area contributed by atoms with Gasteiger partial charge in [-0.15, -0.1) is 0 Å². The molecular formula is C35H36FN3O3. The van der Waals surface area contributed by atoms with E-state index < -0.39 is 11.9 Å². The molecule has 1 heterocycles. The Morgan fingerprint density at radius 1 is 0.905 bits per heavy atom. The largest absolute Gasteiger partial charge is 0.380 e. The topological polar surface area (TPSA) is 64.4 Å². The van der Waals surface area contributed by atoms with Crippen LogP contribution in [0.1, 0.15) is 38.7 Å². The Morgan fingerprint density at radius 2 is 1.55 bits per heavy atom. The first-order valence-electron chi connectivity index (χ1n) is 13.8. The van der Waals surface area contributed by atoms with Crippen molar-refractivity contribution in [2.75, 3.05) is 19.8 Å². The normalized spacial score (nSPS) is 11.6. The van der Waals surface area contributed by atoms with Crippen LogP contribution in [0.3, 0.4) is 0 Å². The summed E-state index contributed by atoms with van der Waals surface area (Å²) in [5.74, 6) is -0.126. The summed E-state index contributed by atoms with van der Waals surface area (Å²) >= 11 is 0. The van der Waals surface area contributed by atoms with Gasteiger partial charge in [-0.05, 0) is 66.9 Å². The SMILES string of the molecule is C.CCOCCN(C(=O)Cc1ccc(-c2ccccc2)cc1)C(C)c1nc2ccccc2c(=O)n1-c1ccc(F)cc1. The molecule has 1 aromatic heterocycles. The van der Waals surface area contributed by atoms with Gasteiger partial charge in [0.05, 0.1) is 35.7 Å². The molecule has 0 saturated heterocycles. The van der Waals surface area contributed by atoms with Crippen LogP contribution in [0.15, 0.2) is 108 Å². The molecular weight excluding hydrogens is 529 g/mol. The van der Waals surface area contributed by atoms with Crippen molar-refractivity contribution in [2.24, 2.45) is 0 Å². The number of ether oxygens (including phenoxy) is 1. The molecule has 1 atom stereocenters. The van der Waals surface area contributed by atoms with E-state index in [-0.39, 0.29) is 25.3 Å². The molecule has 5 rings (SSSR count). The van der Waals surface area contributed by atoms with Crippen LogP contribution in [0.25, 0.3) is 27.7 Å². The fourth-order valence-corrected chi connectivity index (χ4v) is 4.97. The molecule has 216 valence electrons. The number of nitrogens with zero attached hydrogens (tertiary/aromatic N) is 3. The lowest BCUT2D eigenvalue weighted by Gasteiger charge is -2.30. The van der Waals surface area contributed by atoms with Crippen LogP contribution < -0.4 is 5.56 Å². The maximum atomic E-state index is 13.8. The molecule has 6 nitrogen and oxygen atoms in total. The molecule has 42 heavy (non-hydrogen) atoms. The highest BCUT2D eigenvalue weighted by atomic mass is 19.1. The predicted molar refractivity (Wildman–Crippen MR) is 166 cm³/mol. The molecule has 7 heteroatoms. The lowest BCUT2D eigenvalue weighted by molar-refractivity contribution is -0.133. The minimum Gasteiger partial charge on any atom is -0.380 e. The van der Waals surface area contributed by atoms with Crippen molar-refractivity contribution in [2.45, 2.75) is 33.7 Å². The van der Waals surface area contributed by atoms with E-state index in [1.807, 2.05) is 62.4 Å². The molecule has 4 aromatic carbocycles. The van der Waals surface area contributed by atoms with E-state index in [1.165, 1.54) is 16.7 Å². The first-order chi connectivity index (χ1) is 20.0. The first kappa shape index (κ1) is 30.3. The van der Waals surface area contributed by atoms with E-state index in [0.29, 0.717) is 42.2 Å². The summed E-state index contributed by atoms with van der Waals surface area (Å²) in [6, 6.07) is 30.3. The number of hydrogen-bond acceptors (Lipinski definition) is 4. The molecule has 1 amide bonds. The zero-order valence-electron chi connectivity index (χ0n) is 23.2. The number of para-hydroxylation sites is 1. The third kappa shape index (κ3) is 6.64. The minimum atomic E-state index is -0.575. The molecule has 0 bridgehead atoms. The Morgan fingerprint density at radius 3 is 2.24 bits per heavy atom. The number of aromatic nitrogens is 2. The van der Waals surface area contributed by atoms with Crippen molar-refractivity contribution < 1.29 is 13.9 Å². The average molecular weight is 566 g/mol. The van der Waals surface area contributed by atoms with Gasteiger partial charge in [0.2, 0.25) is 5.91 Å². The molecule has 0 aliphatic heterocycles. The molecule has 0 spiro atoms. The second kappa shape index (κ2) is 13.8. The van der Waals surface area contributed by atoms with Crippen molar-refractivity contribution in [1.29, 1.82) is 0 Å². The molecule has 0 N–H and O–H groups in total. The lowest BCUT2D eigenvalue weighted by atomic mass is 10.0. The van der Waals surface area contributed by atoms with E-state index >= 15 is 0 Å². The third-order valence-electron chi connectivity index (χ3n) is 7.15. The Balaban J connectivity index is 0.00000405. The van der Waals surface area contributed by atoms with Crippen molar-refractivity contribution in [3.8, 4) is 16.8 Å². The van der Waals surface area contributed by atoms with Crippen LogP contribution in [0, 0.1) is 5.82 Å². The number of carbonyl (C=O) groups is 1. The van der Waals surface area contributed by atoms with Crippen molar-refractivity contribution in [3.63, 3.8) is 0 Å². The fraction of sp³-hybridized carbons (Fsp3) is 0.229. The van der Waals surface area contributed by atoms with Crippen LogP contribution in [0.5, 0.6) is 0 Å². The standard InChI is InChI=1S/C34H32FN3O3.CH4/c1-3-41-22-21-37(32(39)23-25-13-15-27(16-14-25)26-9-5-4-6-10-26)24(2)33-36-31-12-8-7-11-30(31)34(40)38(33)29-19-17-28(35)18-20-29;/h4-20,24H,3,21-23H2,1-2H3;1H4. The molecule has 0 aliphatic carbocycles. The summed E-state index contributed by atoms with van der Waals surface area (Å²) in [7, 11) is 0. The van der Waals surface area contributed by atoms with Crippen LogP contribution >= 0.6 is 0 Å². The van der Waals surface area contributed by atoms with Gasteiger partial charge in [0, 0.05) is 13.2 Å². The van der Waals surface area contributed by atoms with Crippen molar-refractivity contribution >= 4 is 16.8 Å². The molecule has 0 saturated carbocycles. The second-order valence-corrected chi connectivity index (χ2v) is 9.80. The highest BCUT2D eigenvalue weighted by Gasteiger charge is 2.27. The van der Waals surface area contributed by atoms with Gasteiger partial charge in [-0.3, -0.25) is 14.2 Å². The second-order valence-electron chi connectivity index (χ2n) is 9.80. The summed E-state index contributed by atoms with van der Waals surface area (Å²) in [5.41, 5.74) is 3.80. The van der Waals surface area contributed by atoms with E-state index in [2.05, 4.69) is 12.1 Å². The zero-order valence-corrected chi connectivity index (χ0v) is 23.2. The zero-order chi connectivity index (χ0) is 28.8. The number of fused-ring (bicyclic) bond motifs is 1. The highest BCUT2D eigenvalue weighted by molar-refractivity contribution is 5.80. The Hall–Kier alpha value is -4.62. The lowest BCUT2D eigenvalue weighted by Crippen LogP contribution is -2.40. The maximum absolute atomic E-state index is 13.8. The number of halogens is 1. The monoisotopic (exact) mass is 565 g/mol. The van der Waals surface area contributed by atoms with Gasteiger partial charge in [-0.25, -0.2) is 9.37 Å². The van der Waals surface area contributed by atoms with Gasteiger partial charge in [-0.2, -0.15) is 0 Å². The first-order valence-corrected chi connectivity index (χ1v) is 13.8. The van der Waals surface area contributed by atoms with Gasteiger partial charge in [0.25, 0.3) is 5.56 Å². The summed E-state index contributed by atoms with van der Waals surface area (Å²) in [6.45, 7) is 4.95. The molecule has 5 aromatic rings. The third-order valence-corrected chi connectivity index (χ3v) is 7.15. The average Bonchev–Trinajstić information content (AvgIpc) is 3.00. The van der Waals surface area contributed by atoms with Gasteiger partial charge >= 0.3 is 0 Å². The molecule has 0 radical (unpaired) electrons. The molecule has 1 unspecified atom stereocenters. The number of rotatable bonds is 10. The van der Waals surface area contributed by atoms with Crippen molar-refractivity contribution in [3.05, 3.63) is 131 Å². The summed E-state index contributed by atoms with van der Waals surface area (Å²) in [4.78, 5) is 34.1. The summed E-state index contributed by atoms with van der Waals surface area (Å²) in [6.07, 6.45) is 0.180. The Kier molecular flexibility index (Phi) is 9.99. The predicted octanol–water partition coefficient (Wildman–Crippen LogP) is 7.00. The smallest absolute Gasteiger partial charge is 0.266 e. The summed E-state index contributed by atoms with van der Waals surface area (Å²) in [5, 5.41) is 0.443. The molecule has 0 aliphatic rings. The van der Waals surface area contributed by atoms with Crippen molar-refractivity contribution in [1.82, 2.24) is 14.5 Å². The van der Waals surface area contributed by atoms with Gasteiger partial charge in [0.15, 0.2) is 0 Å².